The van der Waals surface area contributed by atoms with Crippen molar-refractivity contribution < 1.29 is 14.3 Å². The second-order valence-electron chi connectivity index (χ2n) is 13.0. The monoisotopic (exact) mass is 673 g/mol. The van der Waals surface area contributed by atoms with Crippen molar-refractivity contribution in [3.8, 4) is 0 Å². The van der Waals surface area contributed by atoms with Crippen molar-refractivity contribution >= 4 is 23.4 Å². The van der Waals surface area contributed by atoms with Crippen molar-refractivity contribution in [3.63, 3.8) is 0 Å². The normalized spacial score (nSPS) is 15.3. The standard InChI is InChI=1S/C25H43N3O2.C9H11Cl.C6H14O/c1-10-13-14-26-20(5)23(22(12-3)19(4)11-2)21(6)27-15-17-28(18-16-27)24(29)30-25(7,8)9;1-2-4-8-5-3-6-9(10)7-8;1-3-5-7-6-4-2/h12-14,19H,10-11,15-18H2,1-9H3;3,5-7H,2,4H2,1H3;3-6H2,1-2H3/b14-13+,22-12-,23-21-,26-20+;;. The highest BCUT2D eigenvalue weighted by atomic mass is 35.5. The van der Waals surface area contributed by atoms with Crippen molar-refractivity contribution in [3.05, 3.63) is 70.0 Å². The number of aliphatic imine (C=N–C) groups is 1. The molecule has 47 heavy (non-hydrogen) atoms. The first kappa shape index (κ1) is 44.4. The Morgan fingerprint density at radius 3 is 2.04 bits per heavy atom. The lowest BCUT2D eigenvalue weighted by molar-refractivity contribution is 0.0168. The van der Waals surface area contributed by atoms with E-state index in [4.69, 9.17) is 26.1 Å². The fourth-order valence-electron chi connectivity index (χ4n) is 4.99. The Bertz CT molecular complexity index is 1120. The molecule has 0 radical (unpaired) electrons. The zero-order chi connectivity index (χ0) is 35.8. The lowest BCUT2D eigenvalue weighted by atomic mass is 9.87. The van der Waals surface area contributed by atoms with Gasteiger partial charge >= 0.3 is 6.09 Å². The van der Waals surface area contributed by atoms with Crippen LogP contribution in [0.3, 0.4) is 0 Å². The molecule has 1 fully saturated rings. The molecular weight excluding hydrogens is 606 g/mol. The highest BCUT2D eigenvalue weighted by molar-refractivity contribution is 6.30. The van der Waals surface area contributed by atoms with Gasteiger partial charge in [-0.15, -0.1) is 0 Å². The summed E-state index contributed by atoms with van der Waals surface area (Å²) in [6, 6.07) is 8.02. The zero-order valence-corrected chi connectivity index (χ0v) is 32.8. The third-order valence-electron chi connectivity index (χ3n) is 7.61. The van der Waals surface area contributed by atoms with Crippen molar-refractivity contribution in [1.29, 1.82) is 0 Å². The number of halogens is 1. The van der Waals surface area contributed by atoms with E-state index in [0.29, 0.717) is 19.0 Å². The summed E-state index contributed by atoms with van der Waals surface area (Å²) in [6.45, 7) is 29.9. The predicted octanol–water partition coefficient (Wildman–Crippen LogP) is 11.3. The summed E-state index contributed by atoms with van der Waals surface area (Å²) in [6.07, 6.45) is 12.6. The molecule has 6 nitrogen and oxygen atoms in total. The second kappa shape index (κ2) is 25.4. The first-order chi connectivity index (χ1) is 22.3. The maximum atomic E-state index is 12.4. The minimum Gasteiger partial charge on any atom is -0.444 e. The highest BCUT2D eigenvalue weighted by Gasteiger charge is 2.27. The van der Waals surface area contributed by atoms with Gasteiger partial charge in [0.25, 0.3) is 0 Å². The molecule has 0 spiro atoms. The van der Waals surface area contributed by atoms with Crippen molar-refractivity contribution in [2.45, 2.75) is 127 Å². The number of ether oxygens (including phenoxy) is 2. The van der Waals surface area contributed by atoms with Crippen LogP contribution in [0.15, 0.2) is 64.5 Å². The molecule has 1 aromatic carbocycles. The molecule has 1 heterocycles. The van der Waals surface area contributed by atoms with E-state index in [-0.39, 0.29) is 6.09 Å². The number of benzene rings is 1. The Labute approximate surface area is 294 Å². The number of hydrogen-bond donors (Lipinski definition) is 0. The number of hydrogen-bond acceptors (Lipinski definition) is 5. The molecular formula is C40H68ClN3O3. The van der Waals surface area contributed by atoms with Gasteiger partial charge < -0.3 is 19.3 Å². The van der Waals surface area contributed by atoms with Gasteiger partial charge in [0.15, 0.2) is 0 Å². The Hall–Kier alpha value is -2.57. The van der Waals surface area contributed by atoms with Gasteiger partial charge in [0.1, 0.15) is 5.60 Å². The minimum absolute atomic E-state index is 0.222. The Kier molecular flexibility index (Phi) is 24.1. The maximum Gasteiger partial charge on any atom is 0.410 e. The summed E-state index contributed by atoms with van der Waals surface area (Å²) in [5.41, 5.74) is 5.72. The summed E-state index contributed by atoms with van der Waals surface area (Å²) in [5.74, 6) is 0.461. The molecule has 2 rings (SSSR count). The number of carbonyl (C=O) groups is 1. The van der Waals surface area contributed by atoms with E-state index in [2.05, 4.69) is 85.4 Å². The maximum absolute atomic E-state index is 12.4. The molecule has 0 aliphatic carbocycles. The minimum atomic E-state index is -0.464. The molecule has 1 saturated heterocycles. The van der Waals surface area contributed by atoms with E-state index in [1.807, 2.05) is 50.1 Å². The molecule has 1 aliphatic rings. The van der Waals surface area contributed by atoms with Crippen molar-refractivity contribution in [2.75, 3.05) is 39.4 Å². The van der Waals surface area contributed by atoms with Crippen LogP contribution in [0.2, 0.25) is 5.02 Å². The number of amides is 1. The van der Waals surface area contributed by atoms with Crippen LogP contribution in [0.1, 0.15) is 121 Å². The molecule has 1 amide bonds. The Morgan fingerprint density at radius 1 is 0.979 bits per heavy atom. The molecule has 0 saturated carbocycles. The van der Waals surface area contributed by atoms with Crippen LogP contribution in [0.4, 0.5) is 4.79 Å². The van der Waals surface area contributed by atoms with Crippen LogP contribution in [0, 0.1) is 5.92 Å². The van der Waals surface area contributed by atoms with Crippen molar-refractivity contribution in [2.24, 2.45) is 10.9 Å². The van der Waals surface area contributed by atoms with Gasteiger partial charge in [-0.1, -0.05) is 83.8 Å². The first-order valence-electron chi connectivity index (χ1n) is 17.9. The quantitative estimate of drug-likeness (QED) is 0.119. The van der Waals surface area contributed by atoms with Gasteiger partial charge in [0.05, 0.1) is 0 Å². The number of aryl methyl sites for hydroxylation is 1. The molecule has 268 valence electrons. The molecule has 1 atom stereocenters. The van der Waals surface area contributed by atoms with Gasteiger partial charge in [-0.25, -0.2) is 4.79 Å². The van der Waals surface area contributed by atoms with Gasteiger partial charge in [0.2, 0.25) is 0 Å². The van der Waals surface area contributed by atoms with Crippen molar-refractivity contribution in [1.82, 2.24) is 9.80 Å². The molecule has 0 aromatic heterocycles. The van der Waals surface area contributed by atoms with Crippen LogP contribution in [0.25, 0.3) is 0 Å². The lowest BCUT2D eigenvalue weighted by Gasteiger charge is -2.38. The summed E-state index contributed by atoms with van der Waals surface area (Å²) >= 11 is 5.78. The Balaban J connectivity index is 0.00000101. The third kappa shape index (κ3) is 19.1. The van der Waals surface area contributed by atoms with Gasteiger partial charge in [-0.2, -0.15) is 0 Å². The van der Waals surface area contributed by atoms with E-state index in [0.717, 1.165) is 69.1 Å². The fraction of sp³-hybridized carbons (Fsp3) is 0.650. The fourth-order valence-corrected chi connectivity index (χ4v) is 5.20. The number of rotatable bonds is 13. The average molecular weight is 674 g/mol. The first-order valence-corrected chi connectivity index (χ1v) is 18.3. The topological polar surface area (TPSA) is 54.4 Å². The number of nitrogens with zero attached hydrogens (tertiary/aromatic N) is 3. The van der Waals surface area contributed by atoms with Gasteiger partial charge in [-0.05, 0) is 103 Å². The van der Waals surface area contributed by atoms with Crippen LogP contribution < -0.4 is 0 Å². The number of piperazine rings is 1. The molecule has 7 heteroatoms. The largest absolute Gasteiger partial charge is 0.444 e. The SMILES string of the molecule is CCCOCCC.CCCc1cccc(Cl)c1.C\C=C(C(/C(C)=N/C=C/CC)=C(/C)N1CCN(C(=O)OC(C)(C)C)CC1)\C(C)CC. The summed E-state index contributed by atoms with van der Waals surface area (Å²) in [4.78, 5) is 21.3. The number of allylic oxidation sites excluding steroid dienone is 5. The molecule has 0 bridgehead atoms. The molecule has 1 aliphatic heterocycles. The van der Waals surface area contributed by atoms with E-state index >= 15 is 0 Å². The smallest absolute Gasteiger partial charge is 0.410 e. The van der Waals surface area contributed by atoms with Crippen LogP contribution in [-0.4, -0.2) is 66.6 Å². The average Bonchev–Trinajstić information content (AvgIpc) is 3.03. The summed E-state index contributed by atoms with van der Waals surface area (Å²) < 4.78 is 10.7. The van der Waals surface area contributed by atoms with Crippen LogP contribution in [-0.2, 0) is 15.9 Å². The zero-order valence-electron chi connectivity index (χ0n) is 32.0. The van der Waals surface area contributed by atoms with E-state index in [9.17, 15) is 4.79 Å². The molecule has 0 N–H and O–H groups in total. The van der Waals surface area contributed by atoms with E-state index in [1.54, 1.807) is 0 Å². The van der Waals surface area contributed by atoms with E-state index < -0.39 is 5.60 Å². The van der Waals surface area contributed by atoms with Crippen LogP contribution >= 0.6 is 11.6 Å². The van der Waals surface area contributed by atoms with Crippen LogP contribution in [0.5, 0.6) is 0 Å². The number of carbonyl (C=O) groups excluding carboxylic acids is 1. The van der Waals surface area contributed by atoms with E-state index in [1.165, 1.54) is 28.8 Å². The summed E-state index contributed by atoms with van der Waals surface area (Å²) in [5, 5.41) is 0.839. The highest BCUT2D eigenvalue weighted by Crippen LogP contribution is 2.29. The predicted molar refractivity (Wildman–Crippen MR) is 205 cm³/mol. The van der Waals surface area contributed by atoms with Gasteiger partial charge in [-0.3, -0.25) is 4.99 Å². The lowest BCUT2D eigenvalue weighted by Crippen LogP contribution is -2.49. The summed E-state index contributed by atoms with van der Waals surface area (Å²) in [7, 11) is 0. The Morgan fingerprint density at radius 2 is 1.57 bits per heavy atom. The molecule has 1 aromatic rings. The second-order valence-corrected chi connectivity index (χ2v) is 13.4. The molecule has 1 unspecified atom stereocenters. The van der Waals surface area contributed by atoms with Gasteiger partial charge in [0, 0.05) is 67.6 Å². The third-order valence-corrected chi connectivity index (χ3v) is 7.84.